The van der Waals surface area contributed by atoms with Crippen molar-refractivity contribution in [3.63, 3.8) is 0 Å². The zero-order valence-electron chi connectivity index (χ0n) is 28.6. The summed E-state index contributed by atoms with van der Waals surface area (Å²) in [7, 11) is 0. The van der Waals surface area contributed by atoms with E-state index in [0.29, 0.717) is 46.7 Å². The molecule has 0 atom stereocenters. The average molecular weight is 682 g/mol. The Morgan fingerprint density at radius 3 is 2.08 bits per heavy atom. The number of benzene rings is 3. The van der Waals surface area contributed by atoms with Crippen LogP contribution in [0.5, 0.6) is 0 Å². The number of nitrogens with zero attached hydrogens (tertiary/aromatic N) is 6. The van der Waals surface area contributed by atoms with Gasteiger partial charge in [0.15, 0.2) is 0 Å². The second-order valence-corrected chi connectivity index (χ2v) is 14.4. The van der Waals surface area contributed by atoms with Crippen molar-refractivity contribution < 1.29 is 0 Å². The highest BCUT2D eigenvalue weighted by Gasteiger charge is 2.37. The predicted molar refractivity (Wildman–Crippen MR) is 206 cm³/mol. The molecule has 3 aromatic carbocycles. The molecule has 9 heteroatoms. The lowest BCUT2D eigenvalue weighted by molar-refractivity contribution is 0.630. The number of fused-ring (bicyclic) bond motifs is 5. The van der Waals surface area contributed by atoms with Crippen molar-refractivity contribution in [1.82, 2.24) is 18.7 Å². The lowest BCUT2D eigenvalue weighted by Crippen LogP contribution is -2.32. The normalized spacial score (nSPS) is 15.9. The van der Waals surface area contributed by atoms with Crippen LogP contribution in [0.15, 0.2) is 101 Å². The maximum absolute atomic E-state index is 8.78. The minimum atomic E-state index is -0.137. The number of hydrogen-bond acceptors (Lipinski definition) is 9. The van der Waals surface area contributed by atoms with Crippen LogP contribution in [0.2, 0.25) is 0 Å². The van der Waals surface area contributed by atoms with Crippen LogP contribution >= 0.6 is 24.5 Å². The van der Waals surface area contributed by atoms with Gasteiger partial charge in [0.25, 0.3) is 0 Å². The van der Waals surface area contributed by atoms with E-state index in [9.17, 15) is 0 Å². The van der Waals surface area contributed by atoms with Gasteiger partial charge in [0.2, 0.25) is 0 Å². The van der Waals surface area contributed by atoms with Crippen molar-refractivity contribution in [3.05, 3.63) is 130 Å². The predicted octanol–water partition coefficient (Wildman–Crippen LogP) is 9.92. The lowest BCUT2D eigenvalue weighted by atomic mass is 9.73. The third-order valence-corrected chi connectivity index (χ3v) is 10.1. The van der Waals surface area contributed by atoms with Crippen LogP contribution in [0, 0.1) is 11.3 Å². The number of thiol groups is 1. The summed E-state index contributed by atoms with van der Waals surface area (Å²) < 4.78 is 13.0. The SMILES string of the molecule is CC(C)/C=C(\C=C/Cc1nc2c(nc1-c1ccc(C(C)C)cc1)-c1nsnc1C(=N)/C2=N\S)N1c2ccccc2C(C)(C)c2ccccc21. The van der Waals surface area contributed by atoms with Gasteiger partial charge in [-0.05, 0) is 59.5 Å². The van der Waals surface area contributed by atoms with E-state index in [1.165, 1.54) is 28.1 Å². The molecule has 0 amide bonds. The second-order valence-electron chi connectivity index (χ2n) is 13.7. The fraction of sp³-hybridized carbons (Fsp3) is 0.250. The smallest absolute Gasteiger partial charge is 0.135 e. The van der Waals surface area contributed by atoms with Gasteiger partial charge in [-0.1, -0.05) is 114 Å². The fourth-order valence-electron chi connectivity index (χ4n) is 6.82. The van der Waals surface area contributed by atoms with Gasteiger partial charge in [-0.3, -0.25) is 5.41 Å². The van der Waals surface area contributed by atoms with Crippen LogP contribution in [-0.2, 0) is 11.8 Å². The van der Waals surface area contributed by atoms with Crippen molar-refractivity contribution in [1.29, 1.82) is 5.41 Å². The summed E-state index contributed by atoms with van der Waals surface area (Å²) in [5.74, 6) is 0.727. The minimum Gasteiger partial charge on any atom is -0.310 e. The van der Waals surface area contributed by atoms with Crippen molar-refractivity contribution in [2.75, 3.05) is 4.90 Å². The summed E-state index contributed by atoms with van der Waals surface area (Å²) >= 11 is 5.30. The molecule has 7 nitrogen and oxygen atoms in total. The number of aromatic nitrogens is 4. The number of anilines is 2. The molecule has 2 aliphatic rings. The van der Waals surface area contributed by atoms with E-state index in [1.807, 2.05) is 0 Å². The van der Waals surface area contributed by atoms with E-state index in [0.717, 1.165) is 34.4 Å². The number of hydrogen-bond donors (Lipinski definition) is 2. The molecule has 0 spiro atoms. The molecule has 1 aliphatic carbocycles. The van der Waals surface area contributed by atoms with Crippen molar-refractivity contribution in [2.24, 2.45) is 10.3 Å². The molecular weight excluding hydrogens is 643 g/mol. The Morgan fingerprint density at radius 1 is 0.837 bits per heavy atom. The first kappa shape index (κ1) is 32.8. The largest absolute Gasteiger partial charge is 0.310 e. The summed E-state index contributed by atoms with van der Waals surface area (Å²) in [6, 6.07) is 26.0. The molecule has 2 aromatic heterocycles. The van der Waals surface area contributed by atoms with E-state index in [1.54, 1.807) is 0 Å². The summed E-state index contributed by atoms with van der Waals surface area (Å²) in [6.07, 6.45) is 7.20. The maximum Gasteiger partial charge on any atom is 0.135 e. The van der Waals surface area contributed by atoms with Crippen molar-refractivity contribution >= 4 is 47.3 Å². The van der Waals surface area contributed by atoms with Gasteiger partial charge in [0.05, 0.1) is 34.5 Å². The molecule has 1 aliphatic heterocycles. The van der Waals surface area contributed by atoms with Crippen LogP contribution in [-0.4, -0.2) is 30.1 Å². The molecule has 0 radical (unpaired) electrons. The van der Waals surface area contributed by atoms with Gasteiger partial charge in [-0.2, -0.15) is 8.75 Å². The van der Waals surface area contributed by atoms with Gasteiger partial charge < -0.3 is 4.90 Å². The fourth-order valence-corrected chi connectivity index (χ4v) is 7.57. The van der Waals surface area contributed by atoms with Crippen molar-refractivity contribution in [2.45, 2.75) is 59.3 Å². The second kappa shape index (κ2) is 12.9. The van der Waals surface area contributed by atoms with E-state index >= 15 is 0 Å². The zero-order valence-corrected chi connectivity index (χ0v) is 30.3. The minimum absolute atomic E-state index is 0.137. The molecule has 0 unspecified atom stereocenters. The van der Waals surface area contributed by atoms with Crippen LogP contribution in [0.3, 0.4) is 0 Å². The van der Waals surface area contributed by atoms with Crippen LogP contribution < -0.4 is 4.90 Å². The molecule has 3 heterocycles. The quantitative estimate of drug-likeness (QED) is 0.132. The standard InChI is InChI=1S/C40H39N7S2/c1-23(2)22-27(47-31-16-9-7-13-28(31)40(5,6)29-14-8-10-17-32(29)47)12-11-15-30-34(26-20-18-25(19-21-26)24(3)4)43-38-37(42-30)35(44-48)33(41)36-39(38)46-49-45-36/h7-14,16-24,41,48H,15H2,1-6H3/b12-11-,27-22+,41-33?,44-35+. The van der Waals surface area contributed by atoms with Crippen LogP contribution in [0.4, 0.5) is 11.4 Å². The Bertz CT molecular complexity index is 2120. The third-order valence-electron chi connectivity index (χ3n) is 9.33. The van der Waals surface area contributed by atoms with E-state index < -0.39 is 0 Å². The third kappa shape index (κ3) is 5.74. The molecule has 0 fully saturated rings. The van der Waals surface area contributed by atoms with Crippen LogP contribution in [0.25, 0.3) is 22.6 Å². The van der Waals surface area contributed by atoms with Gasteiger partial charge in [0, 0.05) is 23.1 Å². The summed E-state index contributed by atoms with van der Waals surface area (Å²) in [6.45, 7) is 13.4. The van der Waals surface area contributed by atoms with Gasteiger partial charge in [0.1, 0.15) is 34.2 Å². The number of rotatable bonds is 7. The first-order valence-electron chi connectivity index (χ1n) is 16.6. The first-order chi connectivity index (χ1) is 23.6. The molecular formula is C40H39N7S2. The van der Waals surface area contributed by atoms with E-state index in [2.05, 4.69) is 163 Å². The number of allylic oxidation sites excluding steroid dienone is 3. The Balaban J connectivity index is 1.35. The Kier molecular flexibility index (Phi) is 8.67. The monoisotopic (exact) mass is 681 g/mol. The molecule has 5 aromatic rings. The maximum atomic E-state index is 8.78. The van der Waals surface area contributed by atoms with E-state index in [-0.39, 0.29) is 11.1 Å². The molecule has 49 heavy (non-hydrogen) atoms. The topological polar surface area (TPSA) is 91.0 Å². The van der Waals surface area contributed by atoms with Crippen LogP contribution in [0.1, 0.15) is 81.2 Å². The van der Waals surface area contributed by atoms with Gasteiger partial charge >= 0.3 is 0 Å². The molecule has 0 saturated carbocycles. The molecule has 7 rings (SSSR count). The molecule has 1 N–H and O–H groups in total. The Morgan fingerprint density at radius 2 is 1.47 bits per heavy atom. The first-order valence-corrected chi connectivity index (χ1v) is 17.8. The Hall–Kier alpha value is -4.73. The highest BCUT2D eigenvalue weighted by Crippen LogP contribution is 2.50. The van der Waals surface area contributed by atoms with E-state index in [4.69, 9.17) is 15.4 Å². The summed E-state index contributed by atoms with van der Waals surface area (Å²) in [5, 5.41) is 8.78. The number of nitrogens with one attached hydrogen (secondary N) is 1. The van der Waals surface area contributed by atoms with Gasteiger partial charge in [-0.15, -0.1) is 0 Å². The average Bonchev–Trinajstić information content (AvgIpc) is 3.59. The van der Waals surface area contributed by atoms with Gasteiger partial charge in [-0.25, -0.2) is 14.4 Å². The van der Waals surface area contributed by atoms with Crippen molar-refractivity contribution in [3.8, 4) is 22.6 Å². The molecule has 246 valence electrons. The molecule has 0 saturated heterocycles. The Labute approximate surface area is 298 Å². The summed E-state index contributed by atoms with van der Waals surface area (Å²) in [4.78, 5) is 12.7. The lowest BCUT2D eigenvalue weighted by Gasteiger charge is -2.42. The highest BCUT2D eigenvalue weighted by molar-refractivity contribution is 7.79. The summed E-state index contributed by atoms with van der Waals surface area (Å²) in [5.41, 5.74) is 12.3. The number of para-hydroxylation sites is 2. The zero-order chi connectivity index (χ0) is 34.4. The molecule has 0 bridgehead atoms. The highest BCUT2D eigenvalue weighted by atomic mass is 32.1.